The molecule has 0 aromatic heterocycles. The van der Waals surface area contributed by atoms with E-state index in [4.69, 9.17) is 9.47 Å². The second-order valence-electron chi connectivity index (χ2n) is 14.2. The number of imide groups is 2. The van der Waals surface area contributed by atoms with E-state index in [1.165, 1.54) is 17.5 Å². The Bertz CT molecular complexity index is 2230. The molecule has 2 aliphatic rings. The van der Waals surface area contributed by atoms with Crippen LogP contribution in [0.15, 0.2) is 109 Å². The Hall–Kier alpha value is -6.02. The van der Waals surface area contributed by atoms with Crippen LogP contribution in [0.2, 0.25) is 0 Å². The Kier molecular flexibility index (Phi) is 8.57. The zero-order valence-corrected chi connectivity index (χ0v) is 30.2. The van der Waals surface area contributed by atoms with Gasteiger partial charge in [0, 0.05) is 12.5 Å². The maximum Gasteiger partial charge on any atom is 0.266 e. The minimum absolute atomic E-state index is 0.0412. The van der Waals surface area contributed by atoms with Gasteiger partial charge < -0.3 is 9.47 Å². The second kappa shape index (κ2) is 12.9. The fourth-order valence-electron chi connectivity index (χ4n) is 6.91. The van der Waals surface area contributed by atoms with Crippen LogP contribution in [0.4, 0.5) is 5.69 Å². The van der Waals surface area contributed by atoms with E-state index in [0.717, 1.165) is 28.9 Å². The lowest BCUT2D eigenvalue weighted by atomic mass is 9.78. The standard InChI is InChI=1S/C44H40N2O6/c1-7-44(5,8-2)29-9-15-30(16-10-29)46-41(49)36-24-22-34(26-38(36)42(46)50)52-32-19-13-28(14-20-32)43(3,4)27-11-17-31(18-12-27)51-33-21-23-35-37(25-33)40(48)45(6)39(35)47/h9-26H,7-8H2,1-6H3. The number of benzene rings is 5. The van der Waals surface area contributed by atoms with Crippen LogP contribution in [0.25, 0.3) is 0 Å². The topological polar surface area (TPSA) is 93.2 Å². The van der Waals surface area contributed by atoms with Gasteiger partial charge in [-0.2, -0.15) is 0 Å². The number of fused-ring (bicyclic) bond motifs is 2. The molecule has 262 valence electrons. The van der Waals surface area contributed by atoms with Crippen LogP contribution in [0.3, 0.4) is 0 Å². The number of amides is 4. The average molecular weight is 693 g/mol. The van der Waals surface area contributed by atoms with Crippen LogP contribution in [0.1, 0.15) is 106 Å². The molecule has 0 radical (unpaired) electrons. The highest BCUT2D eigenvalue weighted by Crippen LogP contribution is 2.38. The zero-order chi connectivity index (χ0) is 36.9. The molecule has 7 rings (SSSR count). The van der Waals surface area contributed by atoms with Crippen molar-refractivity contribution in [3.63, 3.8) is 0 Å². The molecule has 0 atom stereocenters. The minimum atomic E-state index is -0.368. The zero-order valence-electron chi connectivity index (χ0n) is 30.2. The highest BCUT2D eigenvalue weighted by Gasteiger charge is 2.37. The molecule has 5 aromatic carbocycles. The highest BCUT2D eigenvalue weighted by atomic mass is 16.5. The van der Waals surface area contributed by atoms with Gasteiger partial charge in [-0.05, 0) is 108 Å². The lowest BCUT2D eigenvalue weighted by molar-refractivity contribution is 0.0692. The monoisotopic (exact) mass is 692 g/mol. The molecule has 8 heteroatoms. The fourth-order valence-corrected chi connectivity index (χ4v) is 6.91. The molecule has 0 saturated heterocycles. The average Bonchev–Trinajstić information content (AvgIpc) is 3.53. The summed E-state index contributed by atoms with van der Waals surface area (Å²) < 4.78 is 12.2. The number of ether oxygens (including phenoxy) is 2. The molecular weight excluding hydrogens is 652 g/mol. The van der Waals surface area contributed by atoms with Gasteiger partial charge in [-0.15, -0.1) is 0 Å². The van der Waals surface area contributed by atoms with E-state index in [-0.39, 0.29) is 34.5 Å². The van der Waals surface area contributed by atoms with Crippen LogP contribution < -0.4 is 14.4 Å². The third-order valence-corrected chi connectivity index (χ3v) is 10.9. The Morgan fingerprint density at radius 2 is 0.865 bits per heavy atom. The second-order valence-corrected chi connectivity index (χ2v) is 14.2. The molecular formula is C44H40N2O6. The van der Waals surface area contributed by atoms with Crippen LogP contribution in [0, 0.1) is 0 Å². The minimum Gasteiger partial charge on any atom is -0.457 e. The largest absolute Gasteiger partial charge is 0.457 e. The van der Waals surface area contributed by atoms with Crippen molar-refractivity contribution in [2.45, 2.75) is 58.3 Å². The molecule has 0 aliphatic carbocycles. The summed E-state index contributed by atoms with van der Waals surface area (Å²) in [6.07, 6.45) is 1.99. The van der Waals surface area contributed by atoms with Crippen molar-refractivity contribution in [3.05, 3.63) is 148 Å². The van der Waals surface area contributed by atoms with Gasteiger partial charge in [-0.25, -0.2) is 4.90 Å². The number of anilines is 1. The van der Waals surface area contributed by atoms with Crippen LogP contribution in [-0.4, -0.2) is 35.6 Å². The van der Waals surface area contributed by atoms with Gasteiger partial charge in [0.1, 0.15) is 23.0 Å². The van der Waals surface area contributed by atoms with E-state index >= 15 is 0 Å². The van der Waals surface area contributed by atoms with Crippen molar-refractivity contribution in [1.29, 1.82) is 0 Å². The van der Waals surface area contributed by atoms with Crippen molar-refractivity contribution >= 4 is 29.3 Å². The van der Waals surface area contributed by atoms with E-state index in [0.29, 0.717) is 50.9 Å². The predicted octanol–water partition coefficient (Wildman–Crippen LogP) is 9.70. The third kappa shape index (κ3) is 5.84. The number of carbonyl (C=O) groups is 4. The van der Waals surface area contributed by atoms with Gasteiger partial charge >= 0.3 is 0 Å². The molecule has 52 heavy (non-hydrogen) atoms. The summed E-state index contributed by atoms with van der Waals surface area (Å²) in [6, 6.07) is 33.2. The lowest BCUT2D eigenvalue weighted by Crippen LogP contribution is -2.29. The third-order valence-electron chi connectivity index (χ3n) is 10.9. The number of carbonyl (C=O) groups excluding carboxylic acids is 4. The molecule has 2 aliphatic heterocycles. The van der Waals surface area contributed by atoms with Gasteiger partial charge in [-0.1, -0.05) is 71.0 Å². The summed E-state index contributed by atoms with van der Waals surface area (Å²) >= 11 is 0. The van der Waals surface area contributed by atoms with Crippen molar-refractivity contribution in [1.82, 2.24) is 4.90 Å². The molecule has 0 saturated carbocycles. The first-order valence-electron chi connectivity index (χ1n) is 17.5. The van der Waals surface area contributed by atoms with E-state index in [9.17, 15) is 19.2 Å². The van der Waals surface area contributed by atoms with Gasteiger partial charge in [0.15, 0.2) is 0 Å². The molecule has 0 unspecified atom stereocenters. The SMILES string of the molecule is CCC(C)(CC)c1ccc(N2C(=O)c3ccc(Oc4ccc(C(C)(C)c5ccc(Oc6ccc7c(c6)C(=O)N(C)C7=O)cc5)cc4)cc3C2=O)cc1. The predicted molar refractivity (Wildman–Crippen MR) is 200 cm³/mol. The number of rotatable bonds is 10. The van der Waals surface area contributed by atoms with Gasteiger partial charge in [-0.3, -0.25) is 24.1 Å². The first-order valence-corrected chi connectivity index (χ1v) is 17.5. The summed E-state index contributed by atoms with van der Waals surface area (Å²) in [5.74, 6) is 0.786. The molecule has 4 amide bonds. The Morgan fingerprint density at radius 1 is 0.481 bits per heavy atom. The van der Waals surface area contributed by atoms with Crippen LogP contribution in [0.5, 0.6) is 23.0 Å². The molecule has 0 fully saturated rings. The van der Waals surface area contributed by atoms with Crippen molar-refractivity contribution in [3.8, 4) is 23.0 Å². The summed E-state index contributed by atoms with van der Waals surface area (Å²) in [5, 5.41) is 0. The molecule has 0 N–H and O–H groups in total. The summed E-state index contributed by atoms with van der Waals surface area (Å²) in [5.41, 5.74) is 4.94. The van der Waals surface area contributed by atoms with E-state index in [1.54, 1.807) is 36.4 Å². The van der Waals surface area contributed by atoms with Gasteiger partial charge in [0.25, 0.3) is 23.6 Å². The van der Waals surface area contributed by atoms with Crippen molar-refractivity contribution in [2.75, 3.05) is 11.9 Å². The van der Waals surface area contributed by atoms with Gasteiger partial charge in [0.05, 0.1) is 27.9 Å². The Morgan fingerprint density at radius 3 is 1.35 bits per heavy atom. The Balaban J connectivity index is 1.02. The summed E-state index contributed by atoms with van der Waals surface area (Å²) in [4.78, 5) is 53.8. The lowest BCUT2D eigenvalue weighted by Gasteiger charge is -2.28. The first-order chi connectivity index (χ1) is 24.8. The van der Waals surface area contributed by atoms with Crippen molar-refractivity contribution in [2.24, 2.45) is 0 Å². The Labute approximate surface area is 303 Å². The van der Waals surface area contributed by atoms with E-state index in [2.05, 4.69) is 34.6 Å². The maximum atomic E-state index is 13.5. The summed E-state index contributed by atoms with van der Waals surface area (Å²) in [6.45, 7) is 10.8. The maximum absolute atomic E-state index is 13.5. The first kappa shape index (κ1) is 34.4. The van der Waals surface area contributed by atoms with Crippen LogP contribution in [-0.2, 0) is 10.8 Å². The smallest absolute Gasteiger partial charge is 0.266 e. The molecule has 2 heterocycles. The van der Waals surface area contributed by atoms with Crippen molar-refractivity contribution < 1.29 is 28.7 Å². The normalized spacial score (nSPS) is 14.2. The van der Waals surface area contributed by atoms with Gasteiger partial charge in [0.2, 0.25) is 0 Å². The molecule has 0 bridgehead atoms. The van der Waals surface area contributed by atoms with Crippen LogP contribution >= 0.6 is 0 Å². The number of hydrogen-bond donors (Lipinski definition) is 0. The fraction of sp³-hybridized carbons (Fsp3) is 0.227. The number of hydrogen-bond acceptors (Lipinski definition) is 6. The molecule has 0 spiro atoms. The highest BCUT2D eigenvalue weighted by molar-refractivity contribution is 6.34. The molecule has 8 nitrogen and oxygen atoms in total. The van der Waals surface area contributed by atoms with E-state index in [1.807, 2.05) is 72.8 Å². The quantitative estimate of drug-likeness (QED) is 0.135. The number of nitrogens with zero attached hydrogens (tertiary/aromatic N) is 2. The summed E-state index contributed by atoms with van der Waals surface area (Å²) in [7, 11) is 1.47. The molecule has 5 aromatic rings. The van der Waals surface area contributed by atoms with E-state index < -0.39 is 0 Å².